The van der Waals surface area contributed by atoms with Crippen LogP contribution in [-0.2, 0) is 0 Å². The predicted octanol–water partition coefficient (Wildman–Crippen LogP) is 4.70. The lowest BCUT2D eigenvalue weighted by atomic mass is 10.1. The van der Waals surface area contributed by atoms with Crippen molar-refractivity contribution in [1.29, 1.82) is 0 Å². The first-order valence-electron chi connectivity index (χ1n) is 6.61. The van der Waals surface area contributed by atoms with Crippen LogP contribution in [0.5, 0.6) is 0 Å². The van der Waals surface area contributed by atoms with Gasteiger partial charge >= 0.3 is 0 Å². The topological polar surface area (TPSA) is 17.8 Å². The smallest absolute Gasteiger partial charge is 0.0954 e. The average Bonchev–Trinajstić information content (AvgIpc) is 2.63. The molecule has 1 rings (SSSR count). The zero-order chi connectivity index (χ0) is 12.7. The lowest BCUT2D eigenvalue weighted by molar-refractivity contribution is 0.477. The highest BCUT2D eigenvalue weighted by Crippen LogP contribution is 2.23. The maximum Gasteiger partial charge on any atom is 0.0954 e. The molecular formula is C14H28N2. The minimum absolute atomic E-state index is 0.566. The third kappa shape index (κ3) is 3.66. The monoisotopic (exact) mass is 224 g/mol. The Hall–Kier alpha value is -0.790. The lowest BCUT2D eigenvalue weighted by Crippen LogP contribution is -2.09. The van der Waals surface area contributed by atoms with Crippen LogP contribution >= 0.6 is 0 Å². The molecule has 1 unspecified atom stereocenters. The van der Waals surface area contributed by atoms with Crippen LogP contribution in [0.25, 0.3) is 0 Å². The van der Waals surface area contributed by atoms with Crippen LogP contribution in [0.3, 0.4) is 0 Å². The van der Waals surface area contributed by atoms with Crippen molar-refractivity contribution >= 4 is 0 Å². The predicted molar refractivity (Wildman–Crippen MR) is 72.0 cm³/mol. The van der Waals surface area contributed by atoms with E-state index in [0.717, 1.165) is 0 Å². The summed E-state index contributed by atoms with van der Waals surface area (Å²) in [6, 6.07) is 0.582. The van der Waals surface area contributed by atoms with Gasteiger partial charge in [0, 0.05) is 11.7 Å². The van der Waals surface area contributed by atoms with Crippen molar-refractivity contribution in [3.8, 4) is 0 Å². The molecule has 0 saturated carbocycles. The normalized spacial score (nSPS) is 12.2. The first kappa shape index (κ1) is 15.2. The van der Waals surface area contributed by atoms with Crippen molar-refractivity contribution in [3.63, 3.8) is 0 Å². The van der Waals surface area contributed by atoms with Gasteiger partial charge in [0.15, 0.2) is 0 Å². The fourth-order valence-corrected chi connectivity index (χ4v) is 2.09. The largest absolute Gasteiger partial charge is 0.331 e. The van der Waals surface area contributed by atoms with Crippen LogP contribution in [0.15, 0.2) is 6.33 Å². The van der Waals surface area contributed by atoms with Crippen molar-refractivity contribution in [2.24, 2.45) is 0 Å². The van der Waals surface area contributed by atoms with Crippen LogP contribution in [0.2, 0.25) is 0 Å². The van der Waals surface area contributed by atoms with E-state index in [9.17, 15) is 0 Å². The fourth-order valence-electron chi connectivity index (χ4n) is 2.09. The molecule has 0 aromatic carbocycles. The number of nitrogens with zero attached hydrogens (tertiary/aromatic N) is 2. The summed E-state index contributed by atoms with van der Waals surface area (Å²) in [6.07, 6.45) is 4.45. The van der Waals surface area contributed by atoms with Gasteiger partial charge in [0.1, 0.15) is 0 Å². The van der Waals surface area contributed by atoms with E-state index in [1.54, 1.807) is 0 Å². The summed E-state index contributed by atoms with van der Waals surface area (Å²) in [5.41, 5.74) is 2.58. The van der Waals surface area contributed by atoms with Gasteiger partial charge in [-0.1, -0.05) is 41.0 Å². The SMILES string of the molecule is CC.CCCC(C)n1cnc(C)c1C(C)C. The third-order valence-corrected chi connectivity index (χ3v) is 2.75. The summed E-state index contributed by atoms with van der Waals surface area (Å²) in [5.74, 6) is 0.566. The molecule has 0 saturated heterocycles. The molecular weight excluding hydrogens is 196 g/mol. The van der Waals surface area contributed by atoms with Crippen LogP contribution in [0.1, 0.15) is 77.7 Å². The van der Waals surface area contributed by atoms with Crippen molar-refractivity contribution < 1.29 is 0 Å². The quantitative estimate of drug-likeness (QED) is 0.724. The molecule has 16 heavy (non-hydrogen) atoms. The van der Waals surface area contributed by atoms with Crippen LogP contribution in [-0.4, -0.2) is 9.55 Å². The van der Waals surface area contributed by atoms with E-state index >= 15 is 0 Å². The minimum Gasteiger partial charge on any atom is -0.331 e. The van der Waals surface area contributed by atoms with Gasteiger partial charge < -0.3 is 4.57 Å². The minimum atomic E-state index is 0.566. The van der Waals surface area contributed by atoms with E-state index in [2.05, 4.69) is 44.2 Å². The molecule has 2 heteroatoms. The molecule has 0 aliphatic rings. The van der Waals surface area contributed by atoms with Gasteiger partial charge in [-0.15, -0.1) is 0 Å². The van der Waals surface area contributed by atoms with Crippen molar-refractivity contribution in [1.82, 2.24) is 9.55 Å². The zero-order valence-corrected chi connectivity index (χ0v) is 12.0. The zero-order valence-electron chi connectivity index (χ0n) is 12.0. The fraction of sp³-hybridized carbons (Fsp3) is 0.786. The average molecular weight is 224 g/mol. The van der Waals surface area contributed by atoms with Gasteiger partial charge in [0.2, 0.25) is 0 Å². The van der Waals surface area contributed by atoms with Crippen LogP contribution in [0.4, 0.5) is 0 Å². The summed E-state index contributed by atoms with van der Waals surface area (Å²) in [6.45, 7) is 15.1. The standard InChI is InChI=1S/C12H22N2.C2H6/c1-6-7-10(4)14-8-13-11(5)12(14)9(2)3;1-2/h8-10H,6-7H2,1-5H3;1-2H3. The van der Waals surface area contributed by atoms with E-state index in [1.807, 2.05) is 20.2 Å². The molecule has 0 amide bonds. The van der Waals surface area contributed by atoms with Gasteiger partial charge in [-0.05, 0) is 26.2 Å². The number of aromatic nitrogens is 2. The maximum absolute atomic E-state index is 4.40. The molecule has 0 aliphatic heterocycles. The Morgan fingerprint density at radius 3 is 2.25 bits per heavy atom. The molecule has 0 radical (unpaired) electrons. The third-order valence-electron chi connectivity index (χ3n) is 2.75. The van der Waals surface area contributed by atoms with Gasteiger partial charge in [0.25, 0.3) is 0 Å². The highest BCUT2D eigenvalue weighted by atomic mass is 15.1. The summed E-state index contributed by atoms with van der Waals surface area (Å²) >= 11 is 0. The maximum atomic E-state index is 4.40. The Labute approximate surface area is 101 Å². The van der Waals surface area contributed by atoms with Gasteiger partial charge in [0.05, 0.1) is 12.0 Å². The number of rotatable bonds is 4. The van der Waals surface area contributed by atoms with E-state index in [0.29, 0.717) is 12.0 Å². The number of aryl methyl sites for hydroxylation is 1. The number of imidazole rings is 1. The Kier molecular flexibility index (Phi) is 7.11. The molecule has 1 heterocycles. The Morgan fingerprint density at radius 1 is 1.25 bits per heavy atom. The molecule has 2 nitrogen and oxygen atoms in total. The van der Waals surface area contributed by atoms with E-state index < -0.39 is 0 Å². The second-order valence-corrected chi connectivity index (χ2v) is 4.41. The molecule has 0 N–H and O–H groups in total. The van der Waals surface area contributed by atoms with E-state index in [1.165, 1.54) is 24.2 Å². The second kappa shape index (κ2) is 7.48. The molecule has 0 bridgehead atoms. The Bertz CT molecular complexity index is 287. The van der Waals surface area contributed by atoms with Crippen LogP contribution in [0, 0.1) is 6.92 Å². The highest BCUT2D eigenvalue weighted by Gasteiger charge is 2.14. The molecule has 94 valence electrons. The molecule has 0 aliphatic carbocycles. The van der Waals surface area contributed by atoms with Gasteiger partial charge in [-0.25, -0.2) is 4.98 Å². The van der Waals surface area contributed by atoms with Crippen molar-refractivity contribution in [2.45, 2.75) is 73.3 Å². The van der Waals surface area contributed by atoms with E-state index in [-0.39, 0.29) is 0 Å². The molecule has 1 aromatic rings. The summed E-state index contributed by atoms with van der Waals surface area (Å²) in [7, 11) is 0. The molecule has 1 atom stereocenters. The Balaban J connectivity index is 0.00000106. The summed E-state index contributed by atoms with van der Waals surface area (Å²) in [4.78, 5) is 4.40. The van der Waals surface area contributed by atoms with Crippen molar-refractivity contribution in [2.75, 3.05) is 0 Å². The molecule has 0 spiro atoms. The lowest BCUT2D eigenvalue weighted by Gasteiger charge is -2.18. The van der Waals surface area contributed by atoms with Gasteiger partial charge in [-0.2, -0.15) is 0 Å². The Morgan fingerprint density at radius 2 is 1.81 bits per heavy atom. The first-order valence-corrected chi connectivity index (χ1v) is 6.61. The van der Waals surface area contributed by atoms with Crippen molar-refractivity contribution in [3.05, 3.63) is 17.7 Å². The number of hydrogen-bond donors (Lipinski definition) is 0. The summed E-state index contributed by atoms with van der Waals surface area (Å²) in [5, 5.41) is 0. The highest BCUT2D eigenvalue weighted by molar-refractivity contribution is 5.16. The second-order valence-electron chi connectivity index (χ2n) is 4.41. The number of hydrogen-bond acceptors (Lipinski definition) is 1. The molecule has 1 aromatic heterocycles. The van der Waals surface area contributed by atoms with E-state index in [4.69, 9.17) is 0 Å². The molecule has 0 fully saturated rings. The van der Waals surface area contributed by atoms with Crippen LogP contribution < -0.4 is 0 Å². The first-order chi connectivity index (χ1) is 7.57. The summed E-state index contributed by atoms with van der Waals surface area (Å²) < 4.78 is 2.34. The van der Waals surface area contributed by atoms with Gasteiger partial charge in [-0.3, -0.25) is 0 Å².